The average molecular weight is 454 g/mol. The van der Waals surface area contributed by atoms with Crippen LogP contribution in [0.25, 0.3) is 0 Å². The highest BCUT2D eigenvalue weighted by molar-refractivity contribution is 8.00. The lowest BCUT2D eigenvalue weighted by molar-refractivity contribution is -0.138. The summed E-state index contributed by atoms with van der Waals surface area (Å²) in [6, 6.07) is 8.70. The van der Waals surface area contributed by atoms with Gasteiger partial charge in [-0.2, -0.15) is 18.4 Å². The van der Waals surface area contributed by atoms with Crippen LogP contribution in [0.2, 0.25) is 5.02 Å². The molecule has 0 saturated carbocycles. The molecule has 158 valence electrons. The van der Waals surface area contributed by atoms with Crippen LogP contribution in [0, 0.1) is 17.2 Å². The van der Waals surface area contributed by atoms with E-state index in [1.807, 2.05) is 6.92 Å². The molecule has 1 heterocycles. The maximum absolute atomic E-state index is 13.8. The zero-order valence-electron chi connectivity index (χ0n) is 16.1. The molecule has 1 aromatic heterocycles. The van der Waals surface area contributed by atoms with E-state index in [9.17, 15) is 23.2 Å². The number of pyridine rings is 1. The minimum Gasteiger partial charge on any atom is -0.351 e. The number of hydrogen-bond donors (Lipinski definition) is 1. The number of thioether (sulfide) groups is 1. The average Bonchev–Trinajstić information content (AvgIpc) is 2.69. The van der Waals surface area contributed by atoms with Crippen molar-refractivity contribution in [1.29, 1.82) is 5.26 Å². The topological polar surface area (TPSA) is 65.8 Å². The number of rotatable bonds is 5. The molecule has 0 aliphatic heterocycles. The largest absolute Gasteiger partial charge is 0.418 e. The predicted molar refractivity (Wildman–Crippen MR) is 109 cm³/mol. The first kappa shape index (κ1) is 22.4. The van der Waals surface area contributed by atoms with Crippen LogP contribution in [-0.4, -0.2) is 16.6 Å². The van der Waals surface area contributed by atoms with Gasteiger partial charge in [0.2, 0.25) is 5.91 Å². The van der Waals surface area contributed by atoms with Gasteiger partial charge in [-0.3, -0.25) is 4.79 Å². The molecular weight excluding hydrogens is 435 g/mol. The molecule has 1 N–H and O–H groups in total. The molecule has 0 bridgehead atoms. The molecule has 1 atom stereocenters. The fraction of sp³-hybridized carbons (Fsp3) is 0.381. The van der Waals surface area contributed by atoms with Crippen molar-refractivity contribution in [2.75, 3.05) is 5.75 Å². The Balaban J connectivity index is 1.80. The summed E-state index contributed by atoms with van der Waals surface area (Å²) in [6.07, 6.45) is -3.24. The lowest BCUT2D eigenvalue weighted by Gasteiger charge is -2.26. The molecule has 0 saturated heterocycles. The van der Waals surface area contributed by atoms with Gasteiger partial charge in [0.05, 0.1) is 16.9 Å². The second-order valence-electron chi connectivity index (χ2n) is 7.21. The molecule has 1 aliphatic carbocycles. The van der Waals surface area contributed by atoms with Gasteiger partial charge in [0.25, 0.3) is 0 Å². The Morgan fingerprint density at radius 3 is 2.80 bits per heavy atom. The van der Waals surface area contributed by atoms with Crippen molar-refractivity contribution >= 4 is 29.3 Å². The molecule has 0 fully saturated rings. The number of aryl methyl sites for hydroxylation is 1. The monoisotopic (exact) mass is 453 g/mol. The molecule has 9 heteroatoms. The van der Waals surface area contributed by atoms with Gasteiger partial charge in [0.15, 0.2) is 0 Å². The van der Waals surface area contributed by atoms with Crippen LogP contribution < -0.4 is 5.32 Å². The summed E-state index contributed by atoms with van der Waals surface area (Å²) < 4.78 is 41.4. The molecule has 1 unspecified atom stereocenters. The zero-order chi connectivity index (χ0) is 21.9. The van der Waals surface area contributed by atoms with Crippen LogP contribution in [0.1, 0.15) is 41.3 Å². The van der Waals surface area contributed by atoms with Crippen LogP contribution in [0.15, 0.2) is 29.3 Å². The molecule has 0 spiro atoms. The number of nitrogens with one attached hydrogen (secondary N) is 1. The van der Waals surface area contributed by atoms with Gasteiger partial charge in [-0.25, -0.2) is 4.98 Å². The summed E-state index contributed by atoms with van der Waals surface area (Å²) in [5, 5.41) is 12.6. The number of aromatic nitrogens is 1. The molecule has 1 aromatic carbocycles. The second kappa shape index (κ2) is 9.27. The van der Waals surface area contributed by atoms with Gasteiger partial charge < -0.3 is 5.32 Å². The summed E-state index contributed by atoms with van der Waals surface area (Å²) in [5.41, 5.74) is -0.181. The Morgan fingerprint density at radius 1 is 1.40 bits per heavy atom. The first-order chi connectivity index (χ1) is 14.2. The smallest absolute Gasteiger partial charge is 0.351 e. The van der Waals surface area contributed by atoms with Gasteiger partial charge in [-0.05, 0) is 42.4 Å². The van der Waals surface area contributed by atoms with Crippen molar-refractivity contribution in [2.24, 2.45) is 5.92 Å². The summed E-state index contributed by atoms with van der Waals surface area (Å²) >= 11 is 6.89. The molecule has 30 heavy (non-hydrogen) atoms. The normalized spacial score (nSPS) is 15.9. The minimum absolute atomic E-state index is 0.0500. The van der Waals surface area contributed by atoms with Gasteiger partial charge in [0.1, 0.15) is 11.1 Å². The molecule has 4 nitrogen and oxygen atoms in total. The molecule has 1 amide bonds. The highest BCUT2D eigenvalue weighted by Crippen LogP contribution is 2.41. The number of benzene rings is 1. The number of fused-ring (bicyclic) bond motifs is 1. The highest BCUT2D eigenvalue weighted by Gasteiger charge is 2.40. The van der Waals surface area contributed by atoms with Crippen molar-refractivity contribution in [3.63, 3.8) is 0 Å². The van der Waals surface area contributed by atoms with Crippen LogP contribution >= 0.6 is 23.4 Å². The van der Waals surface area contributed by atoms with Crippen molar-refractivity contribution in [1.82, 2.24) is 10.3 Å². The third-order valence-corrected chi connectivity index (χ3v) is 6.29. The molecule has 1 aliphatic rings. The lowest BCUT2D eigenvalue weighted by Crippen LogP contribution is -2.25. The molecule has 2 aromatic rings. The first-order valence-corrected chi connectivity index (χ1v) is 10.7. The third-order valence-electron chi connectivity index (χ3n) is 4.95. The van der Waals surface area contributed by atoms with E-state index < -0.39 is 17.3 Å². The van der Waals surface area contributed by atoms with Gasteiger partial charge >= 0.3 is 6.18 Å². The van der Waals surface area contributed by atoms with E-state index in [0.717, 1.165) is 23.7 Å². The van der Waals surface area contributed by atoms with Gasteiger partial charge in [0, 0.05) is 17.3 Å². The first-order valence-electron chi connectivity index (χ1n) is 9.36. The maximum atomic E-state index is 13.8. The third kappa shape index (κ3) is 5.08. The van der Waals surface area contributed by atoms with Crippen LogP contribution in [0.3, 0.4) is 0 Å². The number of alkyl halides is 3. The lowest BCUT2D eigenvalue weighted by atomic mass is 9.84. The fourth-order valence-electron chi connectivity index (χ4n) is 3.45. The van der Waals surface area contributed by atoms with Crippen molar-refractivity contribution in [2.45, 2.75) is 43.9 Å². The Bertz CT molecular complexity index is 1000. The quantitative estimate of drug-likeness (QED) is 0.635. The van der Waals surface area contributed by atoms with Gasteiger partial charge in [-0.1, -0.05) is 48.5 Å². The van der Waals surface area contributed by atoms with E-state index in [1.54, 1.807) is 30.3 Å². The number of halogens is 4. The van der Waals surface area contributed by atoms with Crippen molar-refractivity contribution < 1.29 is 18.0 Å². The van der Waals surface area contributed by atoms with E-state index in [1.165, 1.54) is 0 Å². The standard InChI is InChI=1S/C21H19ClF3N3OS/c1-12-6-7-17-14(8-12)19(21(23,24)25)15(9-26)20(28-17)30-11-18(29)27-10-13-4-2-3-5-16(13)22/h2-5,12H,6-8,10-11H2,1H3,(H,27,29). The number of nitriles is 1. The minimum atomic E-state index is -4.66. The van der Waals surface area contributed by atoms with Crippen LogP contribution in [0.4, 0.5) is 13.2 Å². The Kier molecular flexibility index (Phi) is 6.94. The second-order valence-corrected chi connectivity index (χ2v) is 8.58. The van der Waals surface area contributed by atoms with E-state index in [2.05, 4.69) is 10.3 Å². The SMILES string of the molecule is CC1CCc2nc(SCC(=O)NCc3ccccc3Cl)c(C#N)c(C(F)(F)F)c2C1. The van der Waals surface area contributed by atoms with Crippen LogP contribution in [0.5, 0.6) is 0 Å². The van der Waals surface area contributed by atoms with Crippen molar-refractivity contribution in [3.05, 3.63) is 57.2 Å². The Labute approximate surface area is 181 Å². The summed E-state index contributed by atoms with van der Waals surface area (Å²) in [7, 11) is 0. The number of carbonyl (C=O) groups is 1. The summed E-state index contributed by atoms with van der Waals surface area (Å²) in [6.45, 7) is 2.09. The van der Waals surface area contributed by atoms with E-state index in [-0.39, 0.29) is 41.1 Å². The fourth-order valence-corrected chi connectivity index (χ4v) is 4.49. The predicted octanol–water partition coefficient (Wildman–Crippen LogP) is 5.16. The van der Waals surface area contributed by atoms with Crippen LogP contribution in [-0.2, 0) is 30.4 Å². The summed E-state index contributed by atoms with van der Waals surface area (Å²) in [5.74, 6) is -0.440. The molecule has 0 radical (unpaired) electrons. The number of nitrogens with zero attached hydrogens (tertiary/aromatic N) is 2. The summed E-state index contributed by atoms with van der Waals surface area (Å²) in [4.78, 5) is 16.5. The molecule has 3 rings (SSSR count). The molecular formula is C21H19ClF3N3OS. The zero-order valence-corrected chi connectivity index (χ0v) is 17.7. The highest BCUT2D eigenvalue weighted by atomic mass is 35.5. The van der Waals surface area contributed by atoms with E-state index in [4.69, 9.17) is 11.6 Å². The van der Waals surface area contributed by atoms with E-state index in [0.29, 0.717) is 17.1 Å². The Morgan fingerprint density at radius 2 is 2.13 bits per heavy atom. The number of hydrogen-bond acceptors (Lipinski definition) is 4. The van der Waals surface area contributed by atoms with Gasteiger partial charge in [-0.15, -0.1) is 0 Å². The van der Waals surface area contributed by atoms with E-state index >= 15 is 0 Å². The van der Waals surface area contributed by atoms with Crippen molar-refractivity contribution in [3.8, 4) is 6.07 Å². The number of carbonyl (C=O) groups excluding carboxylic acids is 1. The number of amides is 1. The Hall–Kier alpha value is -2.24. The maximum Gasteiger partial charge on any atom is 0.418 e.